The number of nitrogens with zero attached hydrogens (tertiary/aromatic N) is 3. The molecule has 170 valence electrons. The first kappa shape index (κ1) is 22.4. The molecule has 0 saturated carbocycles. The van der Waals surface area contributed by atoms with Crippen molar-refractivity contribution in [1.82, 2.24) is 14.8 Å². The van der Waals surface area contributed by atoms with Gasteiger partial charge in [-0.3, -0.25) is 4.79 Å². The number of aromatic nitrogens is 3. The number of amides is 1. The third-order valence-corrected chi connectivity index (χ3v) is 5.29. The van der Waals surface area contributed by atoms with Gasteiger partial charge < -0.3 is 19.2 Å². The maximum absolute atomic E-state index is 12.5. The molecule has 1 amide bonds. The summed E-state index contributed by atoms with van der Waals surface area (Å²) in [6.07, 6.45) is 3.87. The molecule has 0 atom stereocenters. The van der Waals surface area contributed by atoms with E-state index in [0.717, 1.165) is 11.1 Å². The van der Waals surface area contributed by atoms with Crippen LogP contribution in [0.5, 0.6) is 11.5 Å². The largest absolute Gasteiger partial charge is 0.493 e. The van der Waals surface area contributed by atoms with Crippen molar-refractivity contribution in [3.63, 3.8) is 0 Å². The van der Waals surface area contributed by atoms with Crippen molar-refractivity contribution in [2.75, 3.05) is 19.5 Å². The lowest BCUT2D eigenvalue weighted by Crippen LogP contribution is -2.16. The molecule has 1 N–H and O–H groups in total. The highest BCUT2D eigenvalue weighted by atomic mass is 35.5. The fourth-order valence-electron chi connectivity index (χ4n) is 3.40. The van der Waals surface area contributed by atoms with E-state index < -0.39 is 0 Å². The van der Waals surface area contributed by atoms with Gasteiger partial charge in [0.2, 0.25) is 5.91 Å². The van der Waals surface area contributed by atoms with Gasteiger partial charge in [0.25, 0.3) is 0 Å². The number of anilines is 1. The number of halogens is 1. The maximum atomic E-state index is 12.5. The van der Waals surface area contributed by atoms with Crippen LogP contribution in [-0.2, 0) is 17.8 Å². The van der Waals surface area contributed by atoms with Crippen LogP contribution < -0.4 is 14.8 Å². The molecule has 0 saturated heterocycles. The van der Waals surface area contributed by atoms with E-state index in [9.17, 15) is 4.79 Å². The first-order valence-corrected chi connectivity index (χ1v) is 10.7. The Bertz CT molecular complexity index is 1230. The lowest BCUT2D eigenvalue weighted by Gasteiger charge is -2.14. The molecular weight excluding hydrogens is 444 g/mol. The Morgan fingerprint density at radius 3 is 2.70 bits per heavy atom. The Balaban J connectivity index is 1.37. The van der Waals surface area contributed by atoms with Crippen LogP contribution in [0.1, 0.15) is 17.9 Å². The molecule has 0 aliphatic rings. The molecule has 0 aliphatic heterocycles. The minimum atomic E-state index is -0.166. The van der Waals surface area contributed by atoms with Crippen molar-refractivity contribution in [1.29, 1.82) is 0 Å². The fraction of sp³-hybridized carbons (Fsp3) is 0.208. The van der Waals surface area contributed by atoms with Crippen molar-refractivity contribution in [2.24, 2.45) is 0 Å². The first-order chi connectivity index (χ1) is 16.1. The van der Waals surface area contributed by atoms with Gasteiger partial charge >= 0.3 is 0 Å². The van der Waals surface area contributed by atoms with Crippen LogP contribution >= 0.6 is 11.6 Å². The minimum absolute atomic E-state index is 0.166. The molecule has 33 heavy (non-hydrogen) atoms. The van der Waals surface area contributed by atoms with Crippen LogP contribution in [0.3, 0.4) is 0 Å². The topological polar surface area (TPSA) is 91.4 Å². The molecule has 0 spiro atoms. The van der Waals surface area contributed by atoms with Crippen LogP contribution in [0.25, 0.3) is 11.3 Å². The first-order valence-electron chi connectivity index (χ1n) is 10.3. The number of hydrogen-bond donors (Lipinski definition) is 1. The minimum Gasteiger partial charge on any atom is -0.493 e. The summed E-state index contributed by atoms with van der Waals surface area (Å²) in [7, 11) is 3.18. The summed E-state index contributed by atoms with van der Waals surface area (Å²) < 4.78 is 18.3. The van der Waals surface area contributed by atoms with Gasteiger partial charge in [-0.1, -0.05) is 23.7 Å². The molecule has 0 aliphatic carbocycles. The number of methoxy groups -OCH3 is 2. The third kappa shape index (κ3) is 5.35. The number of nitrogens with one attached hydrogen (secondary N) is 1. The number of benzene rings is 2. The molecule has 4 rings (SSSR count). The van der Waals surface area contributed by atoms with E-state index in [1.54, 1.807) is 49.5 Å². The number of hydrogen-bond acceptors (Lipinski definition) is 6. The predicted molar refractivity (Wildman–Crippen MR) is 125 cm³/mol. The second-order valence-corrected chi connectivity index (χ2v) is 7.64. The van der Waals surface area contributed by atoms with Crippen LogP contribution in [-0.4, -0.2) is 34.9 Å². The number of carbonyl (C=O) groups is 1. The average Bonchev–Trinajstić information content (AvgIpc) is 3.48. The molecule has 9 heteroatoms. The predicted octanol–water partition coefficient (Wildman–Crippen LogP) is 4.83. The van der Waals surface area contributed by atoms with Gasteiger partial charge in [-0.15, -0.1) is 0 Å². The van der Waals surface area contributed by atoms with Crippen molar-refractivity contribution in [2.45, 2.75) is 19.4 Å². The van der Waals surface area contributed by atoms with E-state index in [1.807, 2.05) is 30.3 Å². The van der Waals surface area contributed by atoms with Gasteiger partial charge in [0.15, 0.2) is 23.1 Å². The summed E-state index contributed by atoms with van der Waals surface area (Å²) in [6.45, 7) is 0.410. The second-order valence-electron chi connectivity index (χ2n) is 7.20. The van der Waals surface area contributed by atoms with E-state index in [0.29, 0.717) is 47.0 Å². The summed E-state index contributed by atoms with van der Waals surface area (Å²) in [5.74, 6) is 2.81. The second kappa shape index (κ2) is 10.2. The zero-order valence-corrected chi connectivity index (χ0v) is 19.0. The molecule has 2 aromatic heterocycles. The Labute approximate surface area is 196 Å². The summed E-state index contributed by atoms with van der Waals surface area (Å²) in [5, 5.41) is 7.87. The highest BCUT2D eigenvalue weighted by Gasteiger charge is 2.14. The monoisotopic (exact) mass is 466 g/mol. The number of carbonyl (C=O) groups excluding carboxylic acids is 1. The van der Waals surface area contributed by atoms with Gasteiger partial charge in [0.1, 0.15) is 5.82 Å². The number of oxazole rings is 1. The summed E-state index contributed by atoms with van der Waals surface area (Å²) in [4.78, 5) is 16.8. The molecular formula is C24H23ClN4O4. The summed E-state index contributed by atoms with van der Waals surface area (Å²) in [5.41, 5.74) is 1.75. The Morgan fingerprint density at radius 1 is 1.12 bits per heavy atom. The zero-order chi connectivity index (χ0) is 23.2. The van der Waals surface area contributed by atoms with Crippen molar-refractivity contribution < 1.29 is 18.7 Å². The Morgan fingerprint density at radius 2 is 1.94 bits per heavy atom. The smallest absolute Gasteiger partial charge is 0.226 e. The Kier molecular flexibility index (Phi) is 6.95. The van der Waals surface area contributed by atoms with E-state index >= 15 is 0 Å². The average molecular weight is 467 g/mol. The van der Waals surface area contributed by atoms with Crippen LogP contribution in [0.15, 0.2) is 65.3 Å². The number of ether oxygens (including phenoxy) is 2. The maximum Gasteiger partial charge on any atom is 0.226 e. The van der Waals surface area contributed by atoms with E-state index in [-0.39, 0.29) is 12.3 Å². The van der Waals surface area contributed by atoms with Gasteiger partial charge in [-0.2, -0.15) is 5.10 Å². The molecule has 2 aromatic carbocycles. The number of aryl methyl sites for hydroxylation is 1. The quantitative estimate of drug-likeness (QED) is 0.380. The number of rotatable bonds is 9. The summed E-state index contributed by atoms with van der Waals surface area (Å²) in [6, 6.07) is 14.7. The van der Waals surface area contributed by atoms with Crippen LogP contribution in [0, 0.1) is 0 Å². The van der Waals surface area contributed by atoms with Crippen LogP contribution in [0.2, 0.25) is 5.02 Å². The lowest BCUT2D eigenvalue weighted by atomic mass is 10.2. The lowest BCUT2D eigenvalue weighted by molar-refractivity contribution is -0.116. The van der Waals surface area contributed by atoms with E-state index in [1.165, 1.54) is 0 Å². The van der Waals surface area contributed by atoms with E-state index in [2.05, 4.69) is 15.4 Å². The van der Waals surface area contributed by atoms with Gasteiger partial charge in [-0.05, 0) is 30.3 Å². The van der Waals surface area contributed by atoms with Crippen molar-refractivity contribution in [3.05, 3.63) is 77.4 Å². The highest BCUT2D eigenvalue weighted by Crippen LogP contribution is 2.31. The van der Waals surface area contributed by atoms with Crippen molar-refractivity contribution in [3.8, 4) is 22.8 Å². The molecule has 0 unspecified atom stereocenters. The molecule has 8 nitrogen and oxygen atoms in total. The van der Waals surface area contributed by atoms with Crippen LogP contribution in [0.4, 0.5) is 5.82 Å². The van der Waals surface area contributed by atoms with Gasteiger partial charge in [0, 0.05) is 35.1 Å². The van der Waals surface area contributed by atoms with Gasteiger partial charge in [0.05, 0.1) is 33.2 Å². The summed E-state index contributed by atoms with van der Waals surface area (Å²) >= 11 is 5.92. The third-order valence-electron chi connectivity index (χ3n) is 5.04. The zero-order valence-electron chi connectivity index (χ0n) is 18.2. The molecule has 0 bridgehead atoms. The molecule has 4 aromatic rings. The number of para-hydroxylation sites is 1. The Hall–Kier alpha value is -3.78. The standard InChI is InChI=1S/C24H23ClN4O4/c1-31-19-5-3-4-17(24(19)32-2)15-29-21(12-13-27-29)28-22(30)10-11-23-26-14-20(33-23)16-6-8-18(25)9-7-16/h3-9,12-14H,10-11,15H2,1-2H3,(H,28,30). The van der Waals surface area contributed by atoms with Crippen molar-refractivity contribution >= 4 is 23.3 Å². The normalized spacial score (nSPS) is 10.8. The SMILES string of the molecule is COc1cccc(Cn2nccc2NC(=O)CCc2ncc(-c3ccc(Cl)cc3)o2)c1OC. The molecule has 0 fully saturated rings. The highest BCUT2D eigenvalue weighted by molar-refractivity contribution is 6.30. The molecule has 0 radical (unpaired) electrons. The van der Waals surface area contributed by atoms with E-state index in [4.69, 9.17) is 25.5 Å². The van der Waals surface area contributed by atoms with Gasteiger partial charge in [-0.25, -0.2) is 9.67 Å². The fourth-order valence-corrected chi connectivity index (χ4v) is 3.53. The molecule has 2 heterocycles.